The Hall–Kier alpha value is -1.23. The van der Waals surface area contributed by atoms with Crippen molar-refractivity contribution in [2.45, 2.75) is 108 Å². The molecule has 34 heavy (non-hydrogen) atoms. The summed E-state index contributed by atoms with van der Waals surface area (Å²) in [5, 5.41) is 10.5. The van der Waals surface area contributed by atoms with Gasteiger partial charge in [0.15, 0.2) is 6.61 Å². The molecular weight excluding hydrogens is 527 g/mol. The van der Waals surface area contributed by atoms with Gasteiger partial charge < -0.3 is 9.84 Å². The van der Waals surface area contributed by atoms with Gasteiger partial charge in [0.2, 0.25) is 0 Å². The second kappa shape index (κ2) is 13.8. The maximum absolute atomic E-state index is 10.4. The summed E-state index contributed by atoms with van der Waals surface area (Å²) >= 11 is -1.15. The number of hydrogen-bond acceptors (Lipinski definition) is 2. The largest absolute Gasteiger partial charge is 0.481 e. The van der Waals surface area contributed by atoms with Gasteiger partial charge in [-0.05, 0) is 11.5 Å². The molecule has 3 saturated carbocycles. The number of rotatable bonds is 6. The Morgan fingerprint density at radius 2 is 1.18 bits per heavy atom. The fourth-order valence-electron chi connectivity index (χ4n) is 6.77. The van der Waals surface area contributed by atoms with Crippen molar-refractivity contribution in [1.82, 2.24) is 0 Å². The van der Waals surface area contributed by atoms with Gasteiger partial charge in [-0.15, -0.1) is 0 Å². The van der Waals surface area contributed by atoms with Gasteiger partial charge >= 0.3 is 134 Å². The molecule has 0 amide bonds. The Bertz CT molecular complexity index is 831. The Morgan fingerprint density at radius 1 is 0.706 bits per heavy atom. The zero-order valence-electron chi connectivity index (χ0n) is 20.9. The molecule has 3 aliphatic carbocycles. The molecule has 3 nitrogen and oxygen atoms in total. The summed E-state index contributed by atoms with van der Waals surface area (Å²) in [7, 11) is 0. The van der Waals surface area contributed by atoms with E-state index in [2.05, 4.69) is 0 Å². The van der Waals surface area contributed by atoms with Crippen LogP contribution in [0.1, 0.15) is 96.3 Å². The van der Waals surface area contributed by atoms with Crippen LogP contribution in [-0.4, -0.2) is 37.4 Å². The predicted molar refractivity (Wildman–Crippen MR) is 143 cm³/mol. The van der Waals surface area contributed by atoms with Crippen LogP contribution in [0, 0.1) is 0 Å². The third-order valence-electron chi connectivity index (χ3n) is 8.33. The van der Waals surface area contributed by atoms with Crippen molar-refractivity contribution in [1.29, 1.82) is 0 Å². The summed E-state index contributed by atoms with van der Waals surface area (Å²) in [6, 6.07) is 13.3. The van der Waals surface area contributed by atoms with Crippen LogP contribution in [-0.2, 0) is 4.79 Å². The molecule has 3 aliphatic rings. The van der Waals surface area contributed by atoms with Crippen molar-refractivity contribution in [3.63, 3.8) is 0 Å². The number of aliphatic carboxylic acids is 1. The van der Waals surface area contributed by atoms with Crippen LogP contribution in [0.3, 0.4) is 0 Å². The third kappa shape index (κ3) is 7.38. The summed E-state index contributed by atoms with van der Waals surface area (Å²) in [4.78, 5) is 10.4. The van der Waals surface area contributed by atoms with Crippen LogP contribution in [0.4, 0.5) is 0 Å². The van der Waals surface area contributed by atoms with Gasteiger partial charge in [-0.3, -0.25) is 0 Å². The molecule has 0 unspecified atom stereocenters. The Morgan fingerprint density at radius 3 is 1.68 bits per heavy atom. The molecular formula is C30H43O3Sn. The van der Waals surface area contributed by atoms with E-state index >= 15 is 0 Å². The van der Waals surface area contributed by atoms with E-state index in [-0.39, 0.29) is 6.61 Å². The van der Waals surface area contributed by atoms with E-state index in [1.54, 1.807) is 102 Å². The van der Waals surface area contributed by atoms with Crippen molar-refractivity contribution >= 4 is 36.5 Å². The standard InChI is InChI=1S/C12H10O3.3C6H11.Sn/c13-12(14)8-15-11-7-3-5-9-4-1-2-6-10(9)11;3*1-2-4-6-5-3-1;/h1-7H,8H2,(H,13,14);3*1H,2-6H2;. The smallest absolute Gasteiger partial charge is 0.341 e. The van der Waals surface area contributed by atoms with E-state index in [4.69, 9.17) is 9.84 Å². The van der Waals surface area contributed by atoms with Crippen molar-refractivity contribution in [2.24, 2.45) is 0 Å². The fourth-order valence-corrected chi connectivity index (χ4v) is 21.7. The minimum atomic E-state index is -1.15. The number of hydrogen-bond donors (Lipinski definition) is 1. The Labute approximate surface area is 213 Å². The molecule has 0 aromatic heterocycles. The molecule has 0 heterocycles. The van der Waals surface area contributed by atoms with Crippen LogP contribution in [0.5, 0.6) is 5.75 Å². The molecule has 0 saturated heterocycles. The van der Waals surface area contributed by atoms with Gasteiger partial charge in [0.05, 0.1) is 0 Å². The zero-order valence-corrected chi connectivity index (χ0v) is 23.7. The molecule has 2 aromatic carbocycles. The summed E-state index contributed by atoms with van der Waals surface area (Å²) in [5.74, 6) is -0.363. The van der Waals surface area contributed by atoms with Gasteiger partial charge in [-0.2, -0.15) is 0 Å². The van der Waals surface area contributed by atoms with Crippen molar-refractivity contribution < 1.29 is 14.6 Å². The van der Waals surface area contributed by atoms with Gasteiger partial charge in [0, 0.05) is 5.39 Å². The molecule has 3 fully saturated rings. The molecule has 1 N–H and O–H groups in total. The summed E-state index contributed by atoms with van der Waals surface area (Å²) in [6.45, 7) is -0.312. The zero-order chi connectivity index (χ0) is 23.6. The normalized spacial score (nSPS) is 20.6. The average Bonchev–Trinajstić information content (AvgIpc) is 2.90. The van der Waals surface area contributed by atoms with Crippen molar-refractivity contribution in [3.8, 4) is 5.75 Å². The van der Waals surface area contributed by atoms with Crippen LogP contribution >= 0.6 is 0 Å². The van der Waals surface area contributed by atoms with Crippen LogP contribution in [0.2, 0.25) is 11.8 Å². The number of benzene rings is 2. The number of fused-ring (bicyclic) bond motifs is 1. The maximum atomic E-state index is 10.4. The van der Waals surface area contributed by atoms with E-state index in [1.165, 1.54) is 11.8 Å². The van der Waals surface area contributed by atoms with Crippen LogP contribution in [0.25, 0.3) is 10.8 Å². The van der Waals surface area contributed by atoms with Crippen molar-refractivity contribution in [2.75, 3.05) is 6.61 Å². The summed E-state index contributed by atoms with van der Waals surface area (Å²) in [5.41, 5.74) is 0. The topological polar surface area (TPSA) is 46.5 Å². The molecule has 0 aliphatic heterocycles. The fraction of sp³-hybridized carbons (Fsp3) is 0.633. The number of carboxylic acids is 1. The van der Waals surface area contributed by atoms with Gasteiger partial charge in [-0.1, -0.05) is 36.4 Å². The number of ether oxygens (including phenoxy) is 1. The molecule has 0 bridgehead atoms. The first kappa shape index (κ1) is 25.8. The van der Waals surface area contributed by atoms with E-state index in [1.807, 2.05) is 36.4 Å². The quantitative estimate of drug-likeness (QED) is 0.353. The minimum absolute atomic E-state index is 0.312. The predicted octanol–water partition coefficient (Wildman–Crippen LogP) is 8.79. The second-order valence-electron chi connectivity index (χ2n) is 10.7. The molecule has 1 radical (unpaired) electrons. The third-order valence-corrected chi connectivity index (χ3v) is 21.3. The molecule has 2 aromatic rings. The van der Waals surface area contributed by atoms with E-state index in [9.17, 15) is 4.79 Å². The van der Waals surface area contributed by atoms with Crippen LogP contribution in [0.15, 0.2) is 42.5 Å². The SMILES string of the molecule is C1CC[CH]([Sn]([CH]2CCCCC2)[CH]2CCCCC2)CC1.O=C(O)COc1cccc2ccccc12. The molecule has 0 atom stereocenters. The van der Waals surface area contributed by atoms with E-state index in [0.717, 1.165) is 10.8 Å². The second-order valence-corrected chi connectivity index (χ2v) is 20.5. The van der Waals surface area contributed by atoms with E-state index < -0.39 is 25.7 Å². The monoisotopic (exact) mass is 571 g/mol. The summed E-state index contributed by atoms with van der Waals surface area (Å²) < 4.78 is 9.15. The first-order valence-corrected chi connectivity index (χ1v) is 18.9. The van der Waals surface area contributed by atoms with Gasteiger partial charge in [-0.25, -0.2) is 4.79 Å². The maximum Gasteiger partial charge on any atom is 0.341 e. The Kier molecular flexibility index (Phi) is 10.5. The molecule has 4 heteroatoms. The van der Waals surface area contributed by atoms with E-state index in [0.29, 0.717) is 5.75 Å². The molecule has 185 valence electrons. The van der Waals surface area contributed by atoms with Crippen LogP contribution < -0.4 is 4.74 Å². The average molecular weight is 570 g/mol. The first-order chi connectivity index (χ1) is 16.7. The van der Waals surface area contributed by atoms with Crippen molar-refractivity contribution in [3.05, 3.63) is 42.5 Å². The van der Waals surface area contributed by atoms with Gasteiger partial charge in [0.25, 0.3) is 0 Å². The Balaban J connectivity index is 0.000000166. The molecule has 5 rings (SSSR count). The number of carboxylic acid groups (broad SMARTS) is 1. The molecule has 0 spiro atoms. The first-order valence-electron chi connectivity index (χ1n) is 13.9. The minimum Gasteiger partial charge on any atom is -0.481 e. The number of carbonyl (C=O) groups is 1. The summed E-state index contributed by atoms with van der Waals surface area (Å²) in [6.07, 6.45) is 24.2. The van der Waals surface area contributed by atoms with Gasteiger partial charge in [0.1, 0.15) is 5.75 Å².